The zero-order valence-corrected chi connectivity index (χ0v) is 12.1. The molecular weight excluding hydrogens is 260 g/mol. The molecule has 0 atom stereocenters. The van der Waals surface area contributed by atoms with E-state index in [9.17, 15) is 4.79 Å². The molecule has 0 unspecified atom stereocenters. The first-order valence-electron chi connectivity index (χ1n) is 6.88. The molecule has 0 N–H and O–H groups in total. The minimum absolute atomic E-state index is 0.0840. The van der Waals surface area contributed by atoms with Crippen molar-refractivity contribution in [3.63, 3.8) is 0 Å². The molecule has 1 amide bonds. The van der Waals surface area contributed by atoms with Crippen LogP contribution in [-0.2, 0) is 4.79 Å². The Morgan fingerprint density at radius 3 is 2.29 bits per heavy atom. The Labute approximate surface area is 124 Å². The number of hydrazone groups is 1. The molecule has 0 aliphatic carbocycles. The van der Waals surface area contributed by atoms with Gasteiger partial charge in [-0.15, -0.1) is 0 Å². The normalized spacial score (nSPS) is 16.5. The SMILES string of the molecule is CC1=NN(c2ccccc2)C(=O)/C1=C\c1ccc(C)cc1. The molecule has 1 aliphatic heterocycles. The van der Waals surface area contributed by atoms with E-state index >= 15 is 0 Å². The number of aryl methyl sites for hydroxylation is 1. The highest BCUT2D eigenvalue weighted by Gasteiger charge is 2.28. The molecule has 1 aliphatic rings. The Morgan fingerprint density at radius 1 is 0.952 bits per heavy atom. The molecule has 0 saturated heterocycles. The van der Waals surface area contributed by atoms with Gasteiger partial charge in [0.1, 0.15) is 0 Å². The van der Waals surface area contributed by atoms with Crippen molar-refractivity contribution in [1.29, 1.82) is 0 Å². The van der Waals surface area contributed by atoms with Crippen LogP contribution in [0.1, 0.15) is 18.1 Å². The number of hydrogen-bond donors (Lipinski definition) is 0. The number of rotatable bonds is 2. The van der Waals surface area contributed by atoms with E-state index in [2.05, 4.69) is 5.10 Å². The highest BCUT2D eigenvalue weighted by atomic mass is 16.2. The van der Waals surface area contributed by atoms with Gasteiger partial charge in [-0.05, 0) is 37.6 Å². The Morgan fingerprint density at radius 2 is 1.62 bits per heavy atom. The third kappa shape index (κ3) is 2.63. The second kappa shape index (κ2) is 5.37. The summed E-state index contributed by atoms with van der Waals surface area (Å²) in [6.45, 7) is 3.91. The van der Waals surface area contributed by atoms with E-state index in [0.29, 0.717) is 5.57 Å². The number of amides is 1. The van der Waals surface area contributed by atoms with E-state index in [1.54, 1.807) is 0 Å². The van der Waals surface area contributed by atoms with Crippen LogP contribution in [0.4, 0.5) is 5.69 Å². The van der Waals surface area contributed by atoms with Gasteiger partial charge in [0.2, 0.25) is 0 Å². The monoisotopic (exact) mass is 276 g/mol. The summed E-state index contributed by atoms with van der Waals surface area (Å²) in [5, 5.41) is 5.82. The van der Waals surface area contributed by atoms with Crippen molar-refractivity contribution < 1.29 is 4.79 Å². The molecule has 3 nitrogen and oxygen atoms in total. The Bertz CT molecular complexity index is 728. The molecule has 1 heterocycles. The average Bonchev–Trinajstić information content (AvgIpc) is 2.78. The number of hydrogen-bond acceptors (Lipinski definition) is 2. The molecule has 21 heavy (non-hydrogen) atoms. The molecule has 0 bridgehead atoms. The molecule has 0 spiro atoms. The van der Waals surface area contributed by atoms with Crippen LogP contribution in [0.15, 0.2) is 65.3 Å². The first-order chi connectivity index (χ1) is 10.1. The summed E-state index contributed by atoms with van der Waals surface area (Å²) in [5.74, 6) is -0.0840. The van der Waals surface area contributed by atoms with Gasteiger partial charge < -0.3 is 0 Å². The Hall–Kier alpha value is -2.68. The third-order valence-corrected chi connectivity index (χ3v) is 3.45. The molecule has 2 aromatic carbocycles. The van der Waals surface area contributed by atoms with Crippen LogP contribution < -0.4 is 5.01 Å². The van der Waals surface area contributed by atoms with Crippen LogP contribution in [0.3, 0.4) is 0 Å². The van der Waals surface area contributed by atoms with E-state index in [-0.39, 0.29) is 5.91 Å². The first-order valence-corrected chi connectivity index (χ1v) is 6.88. The fraction of sp³-hybridized carbons (Fsp3) is 0.111. The lowest BCUT2D eigenvalue weighted by atomic mass is 10.1. The van der Waals surface area contributed by atoms with Crippen LogP contribution in [0, 0.1) is 6.92 Å². The fourth-order valence-electron chi connectivity index (χ4n) is 2.26. The molecule has 2 aromatic rings. The molecule has 3 rings (SSSR count). The fourth-order valence-corrected chi connectivity index (χ4v) is 2.26. The smallest absolute Gasteiger partial charge is 0.267 e. The topological polar surface area (TPSA) is 32.7 Å². The maximum Gasteiger partial charge on any atom is 0.280 e. The number of carbonyl (C=O) groups is 1. The maximum absolute atomic E-state index is 12.5. The number of nitrogens with zero attached hydrogens (tertiary/aromatic N) is 2. The second-order valence-electron chi connectivity index (χ2n) is 5.11. The quantitative estimate of drug-likeness (QED) is 0.768. The molecular formula is C18H16N2O. The van der Waals surface area contributed by atoms with Crippen LogP contribution in [0.25, 0.3) is 6.08 Å². The van der Waals surface area contributed by atoms with E-state index in [1.165, 1.54) is 10.6 Å². The van der Waals surface area contributed by atoms with Gasteiger partial charge >= 0.3 is 0 Å². The largest absolute Gasteiger partial charge is 0.280 e. The van der Waals surface area contributed by atoms with Crippen molar-refractivity contribution in [2.75, 3.05) is 5.01 Å². The van der Waals surface area contributed by atoms with Gasteiger partial charge in [-0.25, -0.2) is 0 Å². The highest BCUT2D eigenvalue weighted by molar-refractivity contribution is 6.32. The number of benzene rings is 2. The summed E-state index contributed by atoms with van der Waals surface area (Å²) in [4.78, 5) is 12.5. The van der Waals surface area contributed by atoms with Gasteiger partial charge in [-0.1, -0.05) is 48.0 Å². The Kier molecular flexibility index (Phi) is 3.40. The van der Waals surface area contributed by atoms with Gasteiger partial charge in [-0.2, -0.15) is 10.1 Å². The van der Waals surface area contributed by atoms with Crippen molar-refractivity contribution in [3.05, 3.63) is 71.3 Å². The highest BCUT2D eigenvalue weighted by Crippen LogP contribution is 2.24. The van der Waals surface area contributed by atoms with Gasteiger partial charge in [0.25, 0.3) is 5.91 Å². The third-order valence-electron chi connectivity index (χ3n) is 3.45. The average molecular weight is 276 g/mol. The van der Waals surface area contributed by atoms with E-state index in [4.69, 9.17) is 0 Å². The summed E-state index contributed by atoms with van der Waals surface area (Å²) in [7, 11) is 0. The summed E-state index contributed by atoms with van der Waals surface area (Å²) in [6.07, 6.45) is 1.89. The van der Waals surface area contributed by atoms with Gasteiger partial charge in [0.05, 0.1) is 17.0 Å². The summed E-state index contributed by atoms with van der Waals surface area (Å²) < 4.78 is 0. The molecule has 0 fully saturated rings. The number of para-hydroxylation sites is 1. The molecule has 0 aromatic heterocycles. The van der Waals surface area contributed by atoms with Crippen molar-refractivity contribution in [3.8, 4) is 0 Å². The van der Waals surface area contributed by atoms with Gasteiger partial charge in [-0.3, -0.25) is 4.79 Å². The van der Waals surface area contributed by atoms with Crippen LogP contribution >= 0.6 is 0 Å². The molecule has 0 radical (unpaired) electrons. The second-order valence-corrected chi connectivity index (χ2v) is 5.11. The molecule has 104 valence electrons. The minimum atomic E-state index is -0.0840. The van der Waals surface area contributed by atoms with E-state index in [1.807, 2.05) is 74.5 Å². The zero-order chi connectivity index (χ0) is 14.8. The lowest BCUT2D eigenvalue weighted by Crippen LogP contribution is -2.21. The van der Waals surface area contributed by atoms with Crippen molar-refractivity contribution in [2.45, 2.75) is 13.8 Å². The van der Waals surface area contributed by atoms with Crippen LogP contribution in [0.5, 0.6) is 0 Å². The van der Waals surface area contributed by atoms with Gasteiger partial charge in [0, 0.05) is 0 Å². The van der Waals surface area contributed by atoms with Crippen molar-refractivity contribution >= 4 is 23.4 Å². The van der Waals surface area contributed by atoms with Crippen LogP contribution in [-0.4, -0.2) is 11.6 Å². The lowest BCUT2D eigenvalue weighted by Gasteiger charge is -2.11. The van der Waals surface area contributed by atoms with Crippen molar-refractivity contribution in [2.24, 2.45) is 5.10 Å². The standard InChI is InChI=1S/C18H16N2O/c1-13-8-10-15(11-9-13)12-17-14(2)19-20(18(17)21)16-6-4-3-5-7-16/h3-12H,1-2H3/b17-12-. The Balaban J connectivity index is 1.94. The minimum Gasteiger partial charge on any atom is -0.267 e. The summed E-state index contributed by atoms with van der Waals surface area (Å²) >= 11 is 0. The van der Waals surface area contributed by atoms with E-state index in [0.717, 1.165) is 17.0 Å². The zero-order valence-electron chi connectivity index (χ0n) is 12.1. The summed E-state index contributed by atoms with van der Waals surface area (Å²) in [6, 6.07) is 17.6. The van der Waals surface area contributed by atoms with Crippen LogP contribution in [0.2, 0.25) is 0 Å². The molecule has 3 heteroatoms. The van der Waals surface area contributed by atoms with E-state index < -0.39 is 0 Å². The summed E-state index contributed by atoms with van der Waals surface area (Å²) in [5.41, 5.74) is 4.38. The first kappa shape index (κ1) is 13.3. The number of carbonyl (C=O) groups excluding carboxylic acids is 1. The van der Waals surface area contributed by atoms with Gasteiger partial charge in [0.15, 0.2) is 0 Å². The van der Waals surface area contributed by atoms with Crippen molar-refractivity contribution in [1.82, 2.24) is 0 Å². The number of anilines is 1. The molecule has 0 saturated carbocycles. The predicted octanol–water partition coefficient (Wildman–Crippen LogP) is 3.80. The predicted molar refractivity (Wildman–Crippen MR) is 86.2 cm³/mol. The maximum atomic E-state index is 12.5. The lowest BCUT2D eigenvalue weighted by molar-refractivity contribution is -0.114.